The van der Waals surface area contributed by atoms with Gasteiger partial charge in [-0.05, 0) is 113 Å². The molecule has 220 valence electrons. The summed E-state index contributed by atoms with van der Waals surface area (Å²) in [5.74, 6) is 0. The molecule has 4 aromatic rings. The van der Waals surface area contributed by atoms with Gasteiger partial charge < -0.3 is 31.4 Å². The first-order valence-electron chi connectivity index (χ1n) is 14.2. The average molecular weight is 747 g/mol. The zero-order chi connectivity index (χ0) is 30.3. The van der Waals surface area contributed by atoms with Crippen LogP contribution >= 0.6 is 0 Å². The van der Waals surface area contributed by atoms with E-state index in [4.69, 9.17) is 11.8 Å². The zero-order valence-corrected chi connectivity index (χ0v) is 28.3. The van der Waals surface area contributed by atoms with Crippen LogP contribution < -0.4 is 19.6 Å². The van der Waals surface area contributed by atoms with Crippen LogP contribution in [0.5, 0.6) is 0 Å². The molecule has 2 aliphatic heterocycles. The van der Waals surface area contributed by atoms with E-state index in [1.165, 1.54) is 67.3 Å². The number of nitrogens with zero attached hydrogens (tertiary/aromatic N) is 5. The van der Waals surface area contributed by atoms with Crippen molar-refractivity contribution in [1.29, 1.82) is 5.26 Å². The molecule has 0 unspecified atom stereocenters. The monoisotopic (exact) mass is 746 g/mol. The molecular formula is C37H37N5Pt. The molecule has 0 atom stereocenters. The minimum Gasteiger partial charge on any atom is -0.512 e. The first-order valence-corrected chi connectivity index (χ1v) is 14.2. The molecule has 0 saturated heterocycles. The molecular weight excluding hydrogens is 710 g/mol. The predicted octanol–water partition coefficient (Wildman–Crippen LogP) is 9.37. The maximum Gasteiger partial charge on any atom is 4.00 e. The molecule has 0 fully saturated rings. The molecule has 0 aromatic heterocycles. The minimum absolute atomic E-state index is 0. The standard InChI is InChI=1S/C36H37N4.CN.Pt/c1-23-14-27(5)35(28(6)15-23)38-13-12-37(21-38)31-10-9-11-32(20-31)39-22-40(34-19-26(4)25(3)18-33(34)39)36-29(7)16-24(2)17-30(36)8;1-2;/h9-19,21-22H,1-8H3;;/q-3;-1;+4. The summed E-state index contributed by atoms with van der Waals surface area (Å²) < 4.78 is 0. The van der Waals surface area contributed by atoms with Crippen molar-refractivity contribution in [2.45, 2.75) is 55.4 Å². The van der Waals surface area contributed by atoms with Crippen LogP contribution in [0.3, 0.4) is 0 Å². The number of aryl methyl sites for hydroxylation is 8. The largest absolute Gasteiger partial charge is 4.00 e. The Morgan fingerprint density at radius 1 is 0.558 bits per heavy atom. The Labute approximate surface area is 271 Å². The molecule has 43 heavy (non-hydrogen) atoms. The van der Waals surface area contributed by atoms with E-state index >= 15 is 0 Å². The summed E-state index contributed by atoms with van der Waals surface area (Å²) in [6, 6.07) is 23.7. The Morgan fingerprint density at radius 2 is 1.02 bits per heavy atom. The molecule has 6 rings (SSSR count). The first kappa shape index (κ1) is 31.9. The van der Waals surface area contributed by atoms with E-state index in [0.29, 0.717) is 0 Å². The van der Waals surface area contributed by atoms with Gasteiger partial charge in [0.1, 0.15) is 0 Å². The minimum atomic E-state index is 0. The third kappa shape index (κ3) is 5.95. The van der Waals surface area contributed by atoms with Crippen LogP contribution in [0, 0.1) is 86.6 Å². The Kier molecular flexibility index (Phi) is 9.43. The van der Waals surface area contributed by atoms with Crippen LogP contribution in [0.2, 0.25) is 0 Å². The summed E-state index contributed by atoms with van der Waals surface area (Å²) in [5.41, 5.74) is 17.1. The van der Waals surface area contributed by atoms with Crippen molar-refractivity contribution in [3.8, 4) is 0 Å². The maximum absolute atomic E-state index is 6.25. The molecule has 2 heterocycles. The van der Waals surface area contributed by atoms with Gasteiger partial charge in [-0.2, -0.15) is 6.07 Å². The fraction of sp³-hybridized carbons (Fsp3) is 0.216. The molecule has 0 radical (unpaired) electrons. The summed E-state index contributed by atoms with van der Waals surface area (Å²) in [6.45, 7) is 26.6. The van der Waals surface area contributed by atoms with E-state index in [-0.39, 0.29) is 21.1 Å². The second-order valence-corrected chi connectivity index (χ2v) is 11.4. The van der Waals surface area contributed by atoms with Crippen molar-refractivity contribution in [1.82, 2.24) is 0 Å². The Hall–Kier alpha value is -4.00. The van der Waals surface area contributed by atoms with E-state index < -0.39 is 0 Å². The van der Waals surface area contributed by atoms with Crippen LogP contribution in [0.1, 0.15) is 44.5 Å². The van der Waals surface area contributed by atoms with Crippen molar-refractivity contribution in [3.05, 3.63) is 137 Å². The van der Waals surface area contributed by atoms with E-state index in [2.05, 4.69) is 161 Å². The topological polar surface area (TPSA) is 36.8 Å². The van der Waals surface area contributed by atoms with E-state index in [9.17, 15) is 0 Å². The smallest absolute Gasteiger partial charge is 0.512 e. The average Bonchev–Trinajstić information content (AvgIpc) is 3.55. The summed E-state index contributed by atoms with van der Waals surface area (Å²) in [4.78, 5) is 8.97. The van der Waals surface area contributed by atoms with Gasteiger partial charge in [0.05, 0.1) is 0 Å². The van der Waals surface area contributed by atoms with Crippen molar-refractivity contribution in [2.24, 2.45) is 0 Å². The molecule has 0 aliphatic carbocycles. The van der Waals surface area contributed by atoms with Crippen molar-refractivity contribution in [3.63, 3.8) is 0 Å². The van der Waals surface area contributed by atoms with E-state index in [1.807, 2.05) is 0 Å². The summed E-state index contributed by atoms with van der Waals surface area (Å²) >= 11 is 0. The number of rotatable bonds is 4. The van der Waals surface area contributed by atoms with Crippen LogP contribution in [0.15, 0.2) is 67.0 Å². The van der Waals surface area contributed by atoms with Gasteiger partial charge in [-0.3, -0.25) is 0 Å². The maximum atomic E-state index is 6.25. The fourth-order valence-corrected chi connectivity index (χ4v) is 6.28. The van der Waals surface area contributed by atoms with Gasteiger partial charge in [0, 0.05) is 22.7 Å². The Bertz CT molecular complexity index is 1670. The van der Waals surface area contributed by atoms with Gasteiger partial charge in [-0.15, -0.1) is 42.9 Å². The van der Waals surface area contributed by atoms with Crippen LogP contribution in [0.25, 0.3) is 0 Å². The molecule has 2 aliphatic rings. The molecule has 6 heteroatoms. The predicted molar refractivity (Wildman–Crippen MR) is 174 cm³/mol. The molecule has 4 aromatic carbocycles. The molecule has 0 bridgehead atoms. The second kappa shape index (κ2) is 12.7. The van der Waals surface area contributed by atoms with Crippen LogP contribution in [0.4, 0.5) is 34.1 Å². The molecule has 5 nitrogen and oxygen atoms in total. The molecule has 0 spiro atoms. The normalized spacial score (nSPS) is 13.5. The van der Waals surface area contributed by atoms with E-state index in [1.54, 1.807) is 0 Å². The SMILES string of the molecule is Cc1cc(C)c(N2C=CN(c3[c-]c(N4[CH-]N(c5c(C)cc(C)cc5C)c5cc(C)c(C)cc54)ccc3)[CH-]2)c(C)c1.[C-]#N.[Pt+4]. The molecule has 0 amide bonds. The van der Waals surface area contributed by atoms with Gasteiger partial charge in [0.2, 0.25) is 0 Å². The number of hydrogen-bond acceptors (Lipinski definition) is 5. The van der Waals surface area contributed by atoms with Crippen LogP contribution in [-0.2, 0) is 21.1 Å². The van der Waals surface area contributed by atoms with Gasteiger partial charge in [0.25, 0.3) is 0 Å². The third-order valence-corrected chi connectivity index (χ3v) is 8.05. The second-order valence-electron chi connectivity index (χ2n) is 11.4. The number of fused-ring (bicyclic) bond motifs is 1. The number of hydrogen-bond donors (Lipinski definition) is 0. The third-order valence-electron chi connectivity index (χ3n) is 8.05. The number of anilines is 6. The van der Waals surface area contributed by atoms with Crippen molar-refractivity contribution >= 4 is 34.1 Å². The van der Waals surface area contributed by atoms with Crippen LogP contribution in [-0.4, -0.2) is 0 Å². The molecule has 0 saturated carbocycles. The van der Waals surface area contributed by atoms with Gasteiger partial charge in [0.15, 0.2) is 0 Å². The zero-order valence-electron chi connectivity index (χ0n) is 26.1. The van der Waals surface area contributed by atoms with Crippen molar-refractivity contribution < 1.29 is 21.1 Å². The first-order chi connectivity index (χ1) is 20.1. The molecule has 0 N–H and O–H groups in total. The van der Waals surface area contributed by atoms with Crippen molar-refractivity contribution in [2.75, 3.05) is 19.6 Å². The summed E-state index contributed by atoms with van der Waals surface area (Å²) in [6.07, 6.45) is 4.23. The number of benzene rings is 4. The summed E-state index contributed by atoms with van der Waals surface area (Å²) in [5, 5.41) is 6.25. The fourth-order valence-electron chi connectivity index (χ4n) is 6.28. The summed E-state index contributed by atoms with van der Waals surface area (Å²) in [7, 11) is 0. The van der Waals surface area contributed by atoms with Gasteiger partial charge in [-0.25, -0.2) is 0 Å². The van der Waals surface area contributed by atoms with Gasteiger partial charge in [-0.1, -0.05) is 35.4 Å². The Balaban J connectivity index is 0.00000138. The van der Waals surface area contributed by atoms with E-state index in [0.717, 1.165) is 11.4 Å². The quantitative estimate of drug-likeness (QED) is 0.195. The van der Waals surface area contributed by atoms with Gasteiger partial charge >= 0.3 is 21.1 Å². The Morgan fingerprint density at radius 3 is 1.58 bits per heavy atom.